The van der Waals surface area contributed by atoms with Gasteiger partial charge < -0.3 is 15.6 Å². The molecule has 0 aliphatic carbocycles. The van der Waals surface area contributed by atoms with Crippen LogP contribution in [-0.4, -0.2) is 47.2 Å². The number of aliphatic carboxylic acids is 1. The molecule has 3 rings (SSSR count). The standard InChI is InChI=1S/C16H20N2O4/c1-18-11-6-7-12(18)14(15(19)20)13(8-11)22-16(21)9-2-4-10(17)5-3-9/h2-5,11-14H,6-8,17H2,1H3,(H,19,20). The summed E-state index contributed by atoms with van der Waals surface area (Å²) in [5, 5.41) is 9.53. The number of benzene rings is 1. The summed E-state index contributed by atoms with van der Waals surface area (Å²) in [6.07, 6.45) is 1.80. The van der Waals surface area contributed by atoms with Gasteiger partial charge >= 0.3 is 11.9 Å². The number of piperidine rings is 1. The molecule has 2 saturated heterocycles. The van der Waals surface area contributed by atoms with Crippen LogP contribution in [0.1, 0.15) is 29.6 Å². The number of rotatable bonds is 3. The van der Waals surface area contributed by atoms with Crippen molar-refractivity contribution in [1.82, 2.24) is 4.90 Å². The number of hydrogen-bond acceptors (Lipinski definition) is 5. The first kappa shape index (κ1) is 14.8. The Bertz CT molecular complexity index is 586. The van der Waals surface area contributed by atoms with Crippen LogP contribution in [0.4, 0.5) is 5.69 Å². The number of carbonyl (C=O) groups excluding carboxylic acids is 1. The van der Waals surface area contributed by atoms with Crippen molar-refractivity contribution in [2.24, 2.45) is 5.92 Å². The van der Waals surface area contributed by atoms with Gasteiger partial charge in [0.25, 0.3) is 0 Å². The maximum absolute atomic E-state index is 12.2. The molecule has 1 aromatic carbocycles. The number of fused-ring (bicyclic) bond motifs is 2. The number of hydrogen-bond donors (Lipinski definition) is 2. The SMILES string of the molecule is CN1C2CCC1C(C(=O)O)C(OC(=O)c1ccc(N)cc1)C2. The smallest absolute Gasteiger partial charge is 0.338 e. The summed E-state index contributed by atoms with van der Waals surface area (Å²) in [6, 6.07) is 6.69. The Labute approximate surface area is 128 Å². The van der Waals surface area contributed by atoms with E-state index in [0.717, 1.165) is 12.8 Å². The van der Waals surface area contributed by atoms with Crippen LogP contribution in [-0.2, 0) is 9.53 Å². The Kier molecular flexibility index (Phi) is 3.78. The van der Waals surface area contributed by atoms with Gasteiger partial charge in [-0.15, -0.1) is 0 Å². The van der Waals surface area contributed by atoms with E-state index in [4.69, 9.17) is 10.5 Å². The van der Waals surface area contributed by atoms with Crippen LogP contribution in [0, 0.1) is 5.92 Å². The molecule has 2 bridgehead atoms. The minimum absolute atomic E-state index is 0.0551. The van der Waals surface area contributed by atoms with Gasteiger partial charge in [0, 0.05) is 24.2 Å². The predicted octanol–water partition coefficient (Wildman–Crippen LogP) is 1.36. The highest BCUT2D eigenvalue weighted by Gasteiger charge is 2.50. The molecule has 1 aromatic rings. The number of carboxylic acid groups (broad SMARTS) is 1. The van der Waals surface area contributed by atoms with Crippen molar-refractivity contribution in [2.75, 3.05) is 12.8 Å². The fraction of sp³-hybridized carbons (Fsp3) is 0.500. The topological polar surface area (TPSA) is 92.9 Å². The lowest BCUT2D eigenvalue weighted by molar-refractivity contribution is -0.152. The first-order valence-corrected chi connectivity index (χ1v) is 7.48. The summed E-state index contributed by atoms with van der Waals surface area (Å²) in [5.41, 5.74) is 6.56. The van der Waals surface area contributed by atoms with Crippen LogP contribution in [0.2, 0.25) is 0 Å². The highest BCUT2D eigenvalue weighted by Crippen LogP contribution is 2.39. The van der Waals surface area contributed by atoms with Crippen molar-refractivity contribution >= 4 is 17.6 Å². The summed E-state index contributed by atoms with van der Waals surface area (Å²) in [6.45, 7) is 0. The van der Waals surface area contributed by atoms with E-state index in [9.17, 15) is 14.7 Å². The van der Waals surface area contributed by atoms with Crippen LogP contribution < -0.4 is 5.73 Å². The molecule has 3 N–H and O–H groups in total. The maximum Gasteiger partial charge on any atom is 0.338 e. The zero-order chi connectivity index (χ0) is 15.9. The number of esters is 1. The Morgan fingerprint density at radius 3 is 2.59 bits per heavy atom. The largest absolute Gasteiger partial charge is 0.481 e. The molecule has 2 heterocycles. The Morgan fingerprint density at radius 2 is 1.95 bits per heavy atom. The molecule has 0 amide bonds. The van der Waals surface area contributed by atoms with Crippen LogP contribution in [0.15, 0.2) is 24.3 Å². The van der Waals surface area contributed by atoms with Gasteiger partial charge in [-0.05, 0) is 44.2 Å². The van der Waals surface area contributed by atoms with Gasteiger partial charge in [-0.3, -0.25) is 9.69 Å². The minimum atomic E-state index is -0.896. The number of carboxylic acids is 1. The second-order valence-corrected chi connectivity index (χ2v) is 6.13. The number of nitrogens with two attached hydrogens (primary N) is 1. The van der Waals surface area contributed by atoms with Crippen LogP contribution in [0.25, 0.3) is 0 Å². The quantitative estimate of drug-likeness (QED) is 0.647. The Balaban J connectivity index is 1.77. The van der Waals surface area contributed by atoms with Gasteiger partial charge in [0.05, 0.1) is 5.56 Å². The first-order chi connectivity index (χ1) is 10.5. The average Bonchev–Trinajstić information content (AvgIpc) is 2.71. The molecule has 0 saturated carbocycles. The molecule has 0 aromatic heterocycles. The van der Waals surface area contributed by atoms with Crippen LogP contribution in [0.3, 0.4) is 0 Å². The van der Waals surface area contributed by atoms with Gasteiger partial charge in [-0.25, -0.2) is 4.79 Å². The molecule has 22 heavy (non-hydrogen) atoms. The summed E-state index contributed by atoms with van der Waals surface area (Å²) < 4.78 is 5.53. The maximum atomic E-state index is 12.2. The number of carbonyl (C=O) groups is 2. The summed E-state index contributed by atoms with van der Waals surface area (Å²) in [7, 11) is 1.95. The molecule has 6 heteroatoms. The number of anilines is 1. The minimum Gasteiger partial charge on any atom is -0.481 e. The molecule has 4 unspecified atom stereocenters. The van der Waals surface area contributed by atoms with E-state index < -0.39 is 24.0 Å². The third-order valence-corrected chi connectivity index (χ3v) is 4.90. The van der Waals surface area contributed by atoms with E-state index in [1.54, 1.807) is 24.3 Å². The third kappa shape index (κ3) is 2.54. The van der Waals surface area contributed by atoms with E-state index in [-0.39, 0.29) is 6.04 Å². The second-order valence-electron chi connectivity index (χ2n) is 6.13. The summed E-state index contributed by atoms with van der Waals surface area (Å²) in [5.74, 6) is -2.05. The second kappa shape index (κ2) is 5.61. The van der Waals surface area contributed by atoms with Crippen molar-refractivity contribution in [3.05, 3.63) is 29.8 Å². The predicted molar refractivity (Wildman–Crippen MR) is 80.4 cm³/mol. The van der Waals surface area contributed by atoms with Gasteiger partial charge in [-0.2, -0.15) is 0 Å². The molecule has 0 spiro atoms. The van der Waals surface area contributed by atoms with Crippen LogP contribution in [0.5, 0.6) is 0 Å². The lowest BCUT2D eigenvalue weighted by Gasteiger charge is -2.40. The van der Waals surface area contributed by atoms with Crippen molar-refractivity contribution in [3.8, 4) is 0 Å². The highest BCUT2D eigenvalue weighted by molar-refractivity contribution is 5.90. The molecule has 0 radical (unpaired) electrons. The van der Waals surface area contributed by atoms with Gasteiger partial charge in [-0.1, -0.05) is 0 Å². The van der Waals surface area contributed by atoms with E-state index >= 15 is 0 Å². The van der Waals surface area contributed by atoms with Crippen molar-refractivity contribution in [3.63, 3.8) is 0 Å². The monoisotopic (exact) mass is 304 g/mol. The lowest BCUT2D eigenvalue weighted by Crippen LogP contribution is -2.53. The Morgan fingerprint density at radius 1 is 1.27 bits per heavy atom. The summed E-state index contributed by atoms with van der Waals surface area (Å²) in [4.78, 5) is 26.0. The molecule has 2 aliphatic rings. The van der Waals surface area contributed by atoms with Gasteiger partial charge in [0.15, 0.2) is 0 Å². The average molecular weight is 304 g/mol. The van der Waals surface area contributed by atoms with E-state index in [1.807, 2.05) is 7.05 Å². The molecular weight excluding hydrogens is 284 g/mol. The van der Waals surface area contributed by atoms with E-state index in [1.165, 1.54) is 0 Å². The molecule has 4 atom stereocenters. The fourth-order valence-corrected chi connectivity index (χ4v) is 3.69. The zero-order valence-corrected chi connectivity index (χ0v) is 12.4. The number of ether oxygens (including phenoxy) is 1. The normalized spacial score (nSPS) is 31.0. The molecule has 6 nitrogen and oxygen atoms in total. The van der Waals surface area contributed by atoms with E-state index in [0.29, 0.717) is 23.7 Å². The zero-order valence-electron chi connectivity index (χ0n) is 12.4. The molecule has 2 aliphatic heterocycles. The Hall–Kier alpha value is -2.08. The molecule has 118 valence electrons. The number of nitrogens with zero attached hydrogens (tertiary/aromatic N) is 1. The van der Waals surface area contributed by atoms with Gasteiger partial charge in [0.2, 0.25) is 0 Å². The highest BCUT2D eigenvalue weighted by atomic mass is 16.5. The van der Waals surface area contributed by atoms with Crippen molar-refractivity contribution in [2.45, 2.75) is 37.5 Å². The summed E-state index contributed by atoms with van der Waals surface area (Å²) >= 11 is 0. The molecule has 2 fully saturated rings. The third-order valence-electron chi connectivity index (χ3n) is 4.90. The van der Waals surface area contributed by atoms with Crippen LogP contribution >= 0.6 is 0 Å². The van der Waals surface area contributed by atoms with Crippen molar-refractivity contribution in [1.29, 1.82) is 0 Å². The van der Waals surface area contributed by atoms with Crippen molar-refractivity contribution < 1.29 is 19.4 Å². The first-order valence-electron chi connectivity index (χ1n) is 7.48. The molecular formula is C16H20N2O4. The van der Waals surface area contributed by atoms with Gasteiger partial charge in [0.1, 0.15) is 12.0 Å². The van der Waals surface area contributed by atoms with E-state index in [2.05, 4.69) is 4.90 Å². The lowest BCUT2D eigenvalue weighted by atomic mass is 9.87. The number of nitrogen functional groups attached to an aromatic ring is 1. The fourth-order valence-electron chi connectivity index (χ4n) is 3.69.